The van der Waals surface area contributed by atoms with Crippen molar-refractivity contribution in [2.75, 3.05) is 12.3 Å². The van der Waals surface area contributed by atoms with Gasteiger partial charge < -0.3 is 25.5 Å². The number of carbonyl (C=O) groups is 2. The summed E-state index contributed by atoms with van der Waals surface area (Å²) < 4.78 is 12.1. The van der Waals surface area contributed by atoms with Crippen LogP contribution in [0.1, 0.15) is 50.5 Å². The van der Waals surface area contributed by atoms with Gasteiger partial charge in [-0.25, -0.2) is 4.79 Å². The van der Waals surface area contributed by atoms with Crippen molar-refractivity contribution >= 4 is 30.8 Å². The standard InChI is InChI=1S/C18H25BN2O5/c1-11(22)21-10-13(19-25-17(2,3)18(4,5)26-19)9-12-7-6-8-14(15(12)20)16(23)24/h6-9H,10,20H2,1-5H3,(H,21,22)(H,23,24). The molecule has 2 rings (SSSR count). The third-order valence-electron chi connectivity index (χ3n) is 4.81. The summed E-state index contributed by atoms with van der Waals surface area (Å²) in [4.78, 5) is 22.7. The minimum atomic E-state index is -1.10. The van der Waals surface area contributed by atoms with Crippen LogP contribution in [0.15, 0.2) is 23.7 Å². The summed E-state index contributed by atoms with van der Waals surface area (Å²) in [6.45, 7) is 9.35. The molecule has 1 aliphatic rings. The van der Waals surface area contributed by atoms with E-state index >= 15 is 0 Å². The number of nitrogen functional groups attached to an aromatic ring is 1. The summed E-state index contributed by atoms with van der Waals surface area (Å²) in [6.07, 6.45) is 1.71. The van der Waals surface area contributed by atoms with Gasteiger partial charge in [0.05, 0.1) is 22.5 Å². The van der Waals surface area contributed by atoms with Gasteiger partial charge in [0, 0.05) is 13.5 Å². The van der Waals surface area contributed by atoms with Gasteiger partial charge in [-0.2, -0.15) is 0 Å². The second kappa shape index (κ2) is 7.13. The third kappa shape index (κ3) is 4.08. The fourth-order valence-electron chi connectivity index (χ4n) is 2.52. The lowest BCUT2D eigenvalue weighted by Gasteiger charge is -2.32. The number of carbonyl (C=O) groups excluding carboxylic acids is 1. The number of carboxylic acid groups (broad SMARTS) is 1. The van der Waals surface area contributed by atoms with Crippen molar-refractivity contribution in [3.63, 3.8) is 0 Å². The van der Waals surface area contributed by atoms with E-state index in [9.17, 15) is 14.7 Å². The van der Waals surface area contributed by atoms with E-state index in [-0.39, 0.29) is 23.7 Å². The highest BCUT2D eigenvalue weighted by Crippen LogP contribution is 2.39. The third-order valence-corrected chi connectivity index (χ3v) is 4.81. The quantitative estimate of drug-likeness (QED) is 0.548. The molecule has 1 aliphatic heterocycles. The highest BCUT2D eigenvalue weighted by atomic mass is 16.7. The maximum absolute atomic E-state index is 11.4. The summed E-state index contributed by atoms with van der Waals surface area (Å²) >= 11 is 0. The van der Waals surface area contributed by atoms with E-state index in [1.807, 2.05) is 27.7 Å². The molecule has 1 heterocycles. The predicted molar refractivity (Wildman–Crippen MR) is 101 cm³/mol. The smallest absolute Gasteiger partial charge is 0.478 e. The molecule has 1 aromatic carbocycles. The lowest BCUT2D eigenvalue weighted by Crippen LogP contribution is -2.41. The highest BCUT2D eigenvalue weighted by Gasteiger charge is 2.52. The monoisotopic (exact) mass is 360 g/mol. The Hall–Kier alpha value is -2.32. The van der Waals surface area contributed by atoms with Gasteiger partial charge in [0.1, 0.15) is 0 Å². The normalized spacial score (nSPS) is 18.7. The first-order valence-corrected chi connectivity index (χ1v) is 8.37. The zero-order chi connectivity index (χ0) is 19.7. The minimum absolute atomic E-state index is 0.0199. The van der Waals surface area contributed by atoms with Gasteiger partial charge in [-0.1, -0.05) is 18.2 Å². The van der Waals surface area contributed by atoms with Crippen LogP contribution in [0.5, 0.6) is 0 Å². The Morgan fingerprint density at radius 2 is 1.81 bits per heavy atom. The number of carboxylic acids is 1. The van der Waals surface area contributed by atoms with E-state index < -0.39 is 24.3 Å². The molecular formula is C18H25BN2O5. The van der Waals surface area contributed by atoms with Crippen molar-refractivity contribution in [1.82, 2.24) is 5.32 Å². The van der Waals surface area contributed by atoms with Crippen LogP contribution in [0.25, 0.3) is 6.08 Å². The number of anilines is 1. The molecule has 0 bridgehead atoms. The molecule has 1 amide bonds. The molecule has 7 nitrogen and oxygen atoms in total. The molecule has 0 aliphatic carbocycles. The van der Waals surface area contributed by atoms with Gasteiger partial charge in [-0.15, -0.1) is 0 Å². The average molecular weight is 360 g/mol. The minimum Gasteiger partial charge on any atom is -0.478 e. The van der Waals surface area contributed by atoms with E-state index in [0.717, 1.165) is 0 Å². The van der Waals surface area contributed by atoms with Crippen molar-refractivity contribution in [1.29, 1.82) is 0 Å². The van der Waals surface area contributed by atoms with Gasteiger partial charge >= 0.3 is 13.1 Å². The predicted octanol–water partition coefficient (Wildman–Crippen LogP) is 2.12. The second-order valence-electron chi connectivity index (χ2n) is 7.33. The topological polar surface area (TPSA) is 111 Å². The number of rotatable bonds is 5. The first-order chi connectivity index (χ1) is 11.9. The van der Waals surface area contributed by atoms with Crippen LogP contribution in [-0.2, 0) is 14.1 Å². The lowest BCUT2D eigenvalue weighted by atomic mass is 9.76. The van der Waals surface area contributed by atoms with Gasteiger partial charge in [0.25, 0.3) is 0 Å². The van der Waals surface area contributed by atoms with Crippen molar-refractivity contribution < 1.29 is 24.0 Å². The Morgan fingerprint density at radius 1 is 1.23 bits per heavy atom. The Morgan fingerprint density at radius 3 is 2.31 bits per heavy atom. The summed E-state index contributed by atoms with van der Waals surface area (Å²) in [5, 5.41) is 12.0. The molecule has 1 fully saturated rings. The van der Waals surface area contributed by atoms with Crippen LogP contribution in [0.2, 0.25) is 0 Å². The Bertz CT molecular complexity index is 742. The molecule has 0 radical (unpaired) electrons. The van der Waals surface area contributed by atoms with Crippen LogP contribution in [0.3, 0.4) is 0 Å². The number of aromatic carboxylic acids is 1. The SMILES string of the molecule is CC(=O)NCC(=Cc1cccc(C(=O)O)c1N)B1OC(C)(C)C(C)(C)O1. The van der Waals surface area contributed by atoms with Crippen molar-refractivity contribution in [2.45, 2.75) is 45.8 Å². The maximum atomic E-state index is 11.4. The highest BCUT2D eigenvalue weighted by molar-refractivity contribution is 6.56. The lowest BCUT2D eigenvalue weighted by molar-refractivity contribution is -0.118. The van der Waals surface area contributed by atoms with E-state index in [0.29, 0.717) is 11.0 Å². The molecule has 1 aromatic rings. The summed E-state index contributed by atoms with van der Waals surface area (Å²) in [5.41, 5.74) is 6.26. The maximum Gasteiger partial charge on any atom is 0.492 e. The molecular weight excluding hydrogens is 335 g/mol. The van der Waals surface area contributed by atoms with Crippen LogP contribution in [-0.4, -0.2) is 41.8 Å². The fourth-order valence-corrected chi connectivity index (χ4v) is 2.52. The molecule has 8 heteroatoms. The van der Waals surface area contributed by atoms with Crippen molar-refractivity contribution in [3.8, 4) is 0 Å². The molecule has 0 saturated carbocycles. The molecule has 1 saturated heterocycles. The zero-order valence-corrected chi connectivity index (χ0v) is 15.8. The molecule has 4 N–H and O–H groups in total. The number of nitrogens with one attached hydrogen (secondary N) is 1. The van der Waals surface area contributed by atoms with Gasteiger partial charge in [0.2, 0.25) is 5.91 Å². The molecule has 140 valence electrons. The first kappa shape index (κ1) is 20.0. The van der Waals surface area contributed by atoms with Gasteiger partial charge in [-0.05, 0) is 44.8 Å². The van der Waals surface area contributed by atoms with Gasteiger partial charge in [-0.3, -0.25) is 4.79 Å². The van der Waals surface area contributed by atoms with E-state index in [1.165, 1.54) is 13.0 Å². The number of para-hydroxylation sites is 1. The van der Waals surface area contributed by atoms with Crippen molar-refractivity contribution in [3.05, 3.63) is 34.8 Å². The molecule has 0 unspecified atom stereocenters. The molecule has 0 spiro atoms. The molecule has 0 atom stereocenters. The Labute approximate surface area is 153 Å². The fraction of sp³-hybridized carbons (Fsp3) is 0.444. The number of nitrogens with two attached hydrogens (primary N) is 1. The van der Waals surface area contributed by atoms with Gasteiger partial charge in [0.15, 0.2) is 0 Å². The second-order valence-corrected chi connectivity index (χ2v) is 7.33. The van der Waals surface area contributed by atoms with Crippen molar-refractivity contribution in [2.24, 2.45) is 0 Å². The summed E-state index contributed by atoms with van der Waals surface area (Å²) in [5.74, 6) is -1.29. The summed E-state index contributed by atoms with van der Waals surface area (Å²) in [6, 6.07) is 4.77. The van der Waals surface area contributed by atoms with Crippen LogP contribution in [0.4, 0.5) is 5.69 Å². The van der Waals surface area contributed by atoms with E-state index in [2.05, 4.69) is 5.32 Å². The molecule has 0 aromatic heterocycles. The summed E-state index contributed by atoms with van der Waals surface area (Å²) in [7, 11) is -0.681. The number of benzene rings is 1. The van der Waals surface area contributed by atoms with E-state index in [1.54, 1.807) is 18.2 Å². The zero-order valence-electron chi connectivity index (χ0n) is 15.8. The average Bonchev–Trinajstić information content (AvgIpc) is 2.72. The molecule has 26 heavy (non-hydrogen) atoms. The van der Waals surface area contributed by atoms with Crippen LogP contribution >= 0.6 is 0 Å². The number of hydrogen-bond donors (Lipinski definition) is 3. The van der Waals surface area contributed by atoms with E-state index in [4.69, 9.17) is 15.0 Å². The first-order valence-electron chi connectivity index (χ1n) is 8.37. The van der Waals surface area contributed by atoms with Crippen LogP contribution in [0, 0.1) is 0 Å². The largest absolute Gasteiger partial charge is 0.492 e. The Kier molecular flexibility index (Phi) is 5.48. The number of hydrogen-bond acceptors (Lipinski definition) is 5. The van der Waals surface area contributed by atoms with Crippen LogP contribution < -0.4 is 11.1 Å². The number of amides is 1. The Balaban J connectivity index is 2.43.